The first-order chi connectivity index (χ1) is 9.63. The van der Waals surface area contributed by atoms with Gasteiger partial charge in [0.2, 0.25) is 0 Å². The summed E-state index contributed by atoms with van der Waals surface area (Å²) in [4.78, 5) is 0. The summed E-state index contributed by atoms with van der Waals surface area (Å²) in [5, 5.41) is 10.3. The van der Waals surface area contributed by atoms with Crippen molar-refractivity contribution in [3.05, 3.63) is 70.8 Å². The quantitative estimate of drug-likeness (QED) is 0.910. The second kappa shape index (κ2) is 5.33. The number of rotatable bonds is 3. The molecule has 0 heterocycles. The molecule has 1 unspecified atom stereocenters. The normalized spacial score (nSPS) is 16.1. The smallest absolute Gasteiger partial charge is 0.129 e. The molecule has 1 atom stereocenters. The molecule has 0 amide bonds. The minimum Gasteiger partial charge on any atom is -0.392 e. The number of aliphatic hydroxyl groups excluding tert-OH is 1. The van der Waals surface area contributed by atoms with Gasteiger partial charge in [-0.3, -0.25) is 0 Å². The van der Waals surface area contributed by atoms with Gasteiger partial charge in [-0.25, -0.2) is 8.78 Å². The van der Waals surface area contributed by atoms with Gasteiger partial charge in [0.1, 0.15) is 11.6 Å². The van der Waals surface area contributed by atoms with Gasteiger partial charge in [0.25, 0.3) is 0 Å². The van der Waals surface area contributed by atoms with Gasteiger partial charge in [0.05, 0.1) is 6.10 Å². The highest BCUT2D eigenvalue weighted by Gasteiger charge is 2.27. The second-order valence-electron chi connectivity index (χ2n) is 5.44. The van der Waals surface area contributed by atoms with Crippen LogP contribution in [0.15, 0.2) is 42.5 Å². The molecule has 104 valence electrons. The summed E-state index contributed by atoms with van der Waals surface area (Å²) < 4.78 is 26.5. The van der Waals surface area contributed by atoms with E-state index >= 15 is 0 Å². The van der Waals surface area contributed by atoms with Gasteiger partial charge in [-0.2, -0.15) is 0 Å². The van der Waals surface area contributed by atoms with Crippen LogP contribution >= 0.6 is 0 Å². The van der Waals surface area contributed by atoms with Crippen molar-refractivity contribution in [2.75, 3.05) is 0 Å². The third-order valence-corrected chi connectivity index (χ3v) is 4.07. The van der Waals surface area contributed by atoms with E-state index in [9.17, 15) is 13.9 Å². The fourth-order valence-electron chi connectivity index (χ4n) is 2.94. The van der Waals surface area contributed by atoms with Gasteiger partial charge >= 0.3 is 0 Å². The van der Waals surface area contributed by atoms with E-state index in [0.717, 1.165) is 18.9 Å². The molecule has 3 heteroatoms. The third kappa shape index (κ3) is 2.59. The van der Waals surface area contributed by atoms with Crippen LogP contribution in [0.2, 0.25) is 0 Å². The van der Waals surface area contributed by atoms with Crippen LogP contribution in [0.3, 0.4) is 0 Å². The summed E-state index contributed by atoms with van der Waals surface area (Å²) in [6.07, 6.45) is 1.26. The number of hydrogen-bond acceptors (Lipinski definition) is 1. The van der Waals surface area contributed by atoms with Crippen LogP contribution in [-0.4, -0.2) is 11.2 Å². The molecule has 1 aliphatic rings. The maximum absolute atomic E-state index is 13.6. The molecule has 0 saturated heterocycles. The predicted molar refractivity (Wildman–Crippen MR) is 73.4 cm³/mol. The van der Waals surface area contributed by atoms with E-state index in [2.05, 4.69) is 12.1 Å². The molecular weight excluding hydrogens is 258 g/mol. The highest BCUT2D eigenvalue weighted by molar-refractivity contribution is 5.32. The highest BCUT2D eigenvalue weighted by atomic mass is 19.1. The molecule has 1 aliphatic carbocycles. The molecule has 0 radical (unpaired) electrons. The summed E-state index contributed by atoms with van der Waals surface area (Å²) in [7, 11) is 0. The Bertz CT molecular complexity index is 599. The molecule has 0 aromatic heterocycles. The van der Waals surface area contributed by atoms with Crippen molar-refractivity contribution in [2.45, 2.75) is 25.4 Å². The molecule has 0 fully saturated rings. The van der Waals surface area contributed by atoms with Gasteiger partial charge in [0, 0.05) is 12.5 Å². The van der Waals surface area contributed by atoms with Crippen molar-refractivity contribution >= 4 is 0 Å². The van der Waals surface area contributed by atoms with Crippen LogP contribution in [0, 0.1) is 17.6 Å². The average Bonchev–Trinajstić information content (AvgIpc) is 2.86. The van der Waals surface area contributed by atoms with Gasteiger partial charge in [-0.15, -0.1) is 0 Å². The highest BCUT2D eigenvalue weighted by Crippen LogP contribution is 2.30. The van der Waals surface area contributed by atoms with Crippen LogP contribution in [0.1, 0.15) is 16.7 Å². The maximum atomic E-state index is 13.6. The van der Waals surface area contributed by atoms with Crippen LogP contribution < -0.4 is 0 Å². The van der Waals surface area contributed by atoms with Crippen molar-refractivity contribution < 1.29 is 13.9 Å². The lowest BCUT2D eigenvalue weighted by Crippen LogP contribution is -2.23. The van der Waals surface area contributed by atoms with Gasteiger partial charge in [-0.1, -0.05) is 30.3 Å². The topological polar surface area (TPSA) is 20.2 Å². The Morgan fingerprint density at radius 1 is 1.05 bits per heavy atom. The standard InChI is InChI=1S/C17H16F2O/c18-15-6-5-13(16(19)10-15)9-17(20)14-7-11-3-1-2-4-12(11)8-14/h1-6,10,14,17,20H,7-9H2. The van der Waals surface area contributed by atoms with E-state index in [1.807, 2.05) is 12.1 Å². The van der Waals surface area contributed by atoms with Crippen molar-refractivity contribution in [2.24, 2.45) is 5.92 Å². The van der Waals surface area contributed by atoms with Crippen molar-refractivity contribution in [1.29, 1.82) is 0 Å². The van der Waals surface area contributed by atoms with Gasteiger partial charge in [0.15, 0.2) is 0 Å². The van der Waals surface area contributed by atoms with E-state index in [0.29, 0.717) is 5.56 Å². The van der Waals surface area contributed by atoms with E-state index in [1.165, 1.54) is 23.3 Å². The molecule has 2 aromatic rings. The zero-order chi connectivity index (χ0) is 14.1. The number of aliphatic hydroxyl groups is 1. The second-order valence-corrected chi connectivity index (χ2v) is 5.44. The average molecular weight is 274 g/mol. The Kier molecular flexibility index (Phi) is 3.53. The number of fused-ring (bicyclic) bond motifs is 1. The molecule has 0 saturated carbocycles. The fourth-order valence-corrected chi connectivity index (χ4v) is 2.94. The predicted octanol–water partition coefficient (Wildman–Crippen LogP) is 3.28. The summed E-state index contributed by atoms with van der Waals surface area (Å²) in [6.45, 7) is 0. The van der Waals surface area contributed by atoms with Crippen LogP contribution in [-0.2, 0) is 19.3 Å². The zero-order valence-corrected chi connectivity index (χ0v) is 11.0. The Hall–Kier alpha value is -1.74. The Morgan fingerprint density at radius 3 is 2.30 bits per heavy atom. The molecule has 20 heavy (non-hydrogen) atoms. The molecule has 0 spiro atoms. The lowest BCUT2D eigenvalue weighted by atomic mass is 9.93. The first-order valence-corrected chi connectivity index (χ1v) is 6.82. The first-order valence-electron chi connectivity index (χ1n) is 6.82. The van der Waals surface area contributed by atoms with Crippen LogP contribution in [0.4, 0.5) is 8.78 Å². The molecule has 3 rings (SSSR count). The number of benzene rings is 2. The molecule has 0 aliphatic heterocycles. The monoisotopic (exact) mass is 274 g/mol. The minimum absolute atomic E-state index is 0.108. The van der Waals surface area contributed by atoms with Crippen LogP contribution in [0.5, 0.6) is 0 Å². The minimum atomic E-state index is -0.609. The van der Waals surface area contributed by atoms with Gasteiger partial charge < -0.3 is 5.11 Å². The molecule has 1 N–H and O–H groups in total. The molecule has 0 bridgehead atoms. The van der Waals surface area contributed by atoms with E-state index in [-0.39, 0.29) is 12.3 Å². The number of hydrogen-bond donors (Lipinski definition) is 1. The Balaban J connectivity index is 1.70. The maximum Gasteiger partial charge on any atom is 0.129 e. The van der Waals surface area contributed by atoms with E-state index in [4.69, 9.17) is 0 Å². The summed E-state index contributed by atoms with van der Waals surface area (Å²) in [5.41, 5.74) is 2.89. The lowest BCUT2D eigenvalue weighted by Gasteiger charge is -2.18. The van der Waals surface area contributed by atoms with Crippen molar-refractivity contribution in [1.82, 2.24) is 0 Å². The number of halogens is 2. The summed E-state index contributed by atoms with van der Waals surface area (Å²) in [5.74, 6) is -1.06. The largest absolute Gasteiger partial charge is 0.392 e. The van der Waals surface area contributed by atoms with E-state index in [1.54, 1.807) is 0 Å². The zero-order valence-electron chi connectivity index (χ0n) is 11.0. The van der Waals surface area contributed by atoms with Crippen molar-refractivity contribution in [3.63, 3.8) is 0 Å². The van der Waals surface area contributed by atoms with Crippen molar-refractivity contribution in [3.8, 4) is 0 Å². The Morgan fingerprint density at radius 2 is 1.70 bits per heavy atom. The van der Waals surface area contributed by atoms with E-state index < -0.39 is 17.7 Å². The molecule has 2 aromatic carbocycles. The molecular formula is C17H16F2O. The summed E-state index contributed by atoms with van der Waals surface area (Å²) in [6, 6.07) is 11.6. The third-order valence-electron chi connectivity index (χ3n) is 4.07. The Labute approximate surface area is 116 Å². The van der Waals surface area contributed by atoms with Crippen LogP contribution in [0.25, 0.3) is 0 Å². The first kappa shape index (κ1) is 13.3. The fraction of sp³-hybridized carbons (Fsp3) is 0.294. The SMILES string of the molecule is OC(Cc1ccc(F)cc1F)C1Cc2ccccc2C1. The van der Waals surface area contributed by atoms with Gasteiger partial charge in [-0.05, 0) is 41.5 Å². The molecule has 1 nitrogen and oxygen atoms in total. The summed E-state index contributed by atoms with van der Waals surface area (Å²) >= 11 is 0. The lowest BCUT2D eigenvalue weighted by molar-refractivity contribution is 0.112.